The van der Waals surface area contributed by atoms with Gasteiger partial charge in [-0.3, -0.25) is 9.69 Å². The van der Waals surface area contributed by atoms with Gasteiger partial charge in [0.25, 0.3) is 0 Å². The predicted octanol–water partition coefficient (Wildman–Crippen LogP) is 2.80. The number of hydrogen-bond donors (Lipinski definition) is 1. The molecule has 0 atom stereocenters. The minimum absolute atomic E-state index is 0.0669. The van der Waals surface area contributed by atoms with Crippen molar-refractivity contribution in [3.05, 3.63) is 65.2 Å². The summed E-state index contributed by atoms with van der Waals surface area (Å²) in [6, 6.07) is 16.3. The molecule has 132 valence electrons. The molecule has 0 fully saturated rings. The number of carbonyl (C=O) groups excluding carboxylic acids is 1. The molecule has 0 radical (unpaired) electrons. The number of nitrogens with one attached hydrogen (secondary N) is 1. The zero-order valence-corrected chi connectivity index (χ0v) is 14.8. The molecule has 1 aliphatic rings. The molecule has 0 saturated heterocycles. The fraction of sp³-hybridized carbons (Fsp3) is 0.381. The van der Waals surface area contributed by atoms with Crippen LogP contribution in [0.5, 0.6) is 5.75 Å². The van der Waals surface area contributed by atoms with Crippen molar-refractivity contribution in [3.8, 4) is 5.75 Å². The van der Waals surface area contributed by atoms with Crippen LogP contribution in [0.1, 0.15) is 23.1 Å². The van der Waals surface area contributed by atoms with Crippen LogP contribution in [0, 0.1) is 0 Å². The van der Waals surface area contributed by atoms with Gasteiger partial charge in [-0.05, 0) is 41.7 Å². The molecule has 1 amide bonds. The van der Waals surface area contributed by atoms with Crippen LogP contribution >= 0.6 is 0 Å². The molecule has 1 aliphatic heterocycles. The zero-order valence-electron chi connectivity index (χ0n) is 14.8. The van der Waals surface area contributed by atoms with E-state index in [9.17, 15) is 4.79 Å². The summed E-state index contributed by atoms with van der Waals surface area (Å²) >= 11 is 0. The summed E-state index contributed by atoms with van der Waals surface area (Å²) in [6.45, 7) is 3.87. The van der Waals surface area contributed by atoms with E-state index in [4.69, 9.17) is 4.74 Å². The standard InChI is InChI=1S/C21H26N2O2/c1-25-20-9-4-6-17(14-20)15-21(24)22-11-5-12-23-13-10-18-7-2-3-8-19(18)16-23/h2-4,6-9,14H,5,10-13,15-16H2,1H3,(H,22,24). The molecule has 25 heavy (non-hydrogen) atoms. The Morgan fingerprint density at radius 1 is 1.16 bits per heavy atom. The Labute approximate surface area is 149 Å². The first-order valence-corrected chi connectivity index (χ1v) is 8.93. The third-order valence-electron chi connectivity index (χ3n) is 4.68. The molecule has 0 aromatic heterocycles. The second-order valence-corrected chi connectivity index (χ2v) is 6.53. The Morgan fingerprint density at radius 3 is 2.84 bits per heavy atom. The van der Waals surface area contributed by atoms with Crippen LogP contribution < -0.4 is 10.1 Å². The second-order valence-electron chi connectivity index (χ2n) is 6.53. The maximum atomic E-state index is 12.1. The number of rotatable bonds is 7. The summed E-state index contributed by atoms with van der Waals surface area (Å²) in [7, 11) is 1.64. The van der Waals surface area contributed by atoms with Crippen molar-refractivity contribution in [1.82, 2.24) is 10.2 Å². The lowest BCUT2D eigenvalue weighted by Crippen LogP contribution is -2.34. The summed E-state index contributed by atoms with van der Waals surface area (Å²) in [6.07, 6.45) is 2.50. The zero-order chi connectivity index (χ0) is 17.5. The molecule has 2 aromatic carbocycles. The Hall–Kier alpha value is -2.33. The van der Waals surface area contributed by atoms with Crippen molar-refractivity contribution in [2.24, 2.45) is 0 Å². The molecular formula is C21H26N2O2. The minimum atomic E-state index is 0.0669. The van der Waals surface area contributed by atoms with Gasteiger partial charge < -0.3 is 10.1 Å². The van der Waals surface area contributed by atoms with Crippen LogP contribution in [-0.2, 0) is 24.2 Å². The second kappa shape index (κ2) is 8.67. The number of benzene rings is 2. The van der Waals surface area contributed by atoms with Crippen LogP contribution in [0.2, 0.25) is 0 Å². The topological polar surface area (TPSA) is 41.6 Å². The van der Waals surface area contributed by atoms with Crippen molar-refractivity contribution in [1.29, 1.82) is 0 Å². The summed E-state index contributed by atoms with van der Waals surface area (Å²) < 4.78 is 5.19. The number of nitrogens with zero attached hydrogens (tertiary/aromatic N) is 1. The lowest BCUT2D eigenvalue weighted by atomic mass is 10.00. The van der Waals surface area contributed by atoms with E-state index in [0.29, 0.717) is 6.42 Å². The van der Waals surface area contributed by atoms with Gasteiger partial charge in [0, 0.05) is 26.2 Å². The molecule has 1 N–H and O–H groups in total. The lowest BCUT2D eigenvalue weighted by Gasteiger charge is -2.28. The van der Waals surface area contributed by atoms with E-state index in [1.165, 1.54) is 11.1 Å². The van der Waals surface area contributed by atoms with E-state index in [1.54, 1.807) is 7.11 Å². The van der Waals surface area contributed by atoms with Crippen LogP contribution in [0.25, 0.3) is 0 Å². The third-order valence-corrected chi connectivity index (χ3v) is 4.68. The van der Waals surface area contributed by atoms with Gasteiger partial charge in [0.1, 0.15) is 5.75 Å². The van der Waals surface area contributed by atoms with Crippen molar-refractivity contribution < 1.29 is 9.53 Å². The Balaban J connectivity index is 1.36. The average Bonchev–Trinajstić information content (AvgIpc) is 2.65. The first-order chi connectivity index (χ1) is 12.2. The van der Waals surface area contributed by atoms with Crippen LogP contribution in [0.15, 0.2) is 48.5 Å². The van der Waals surface area contributed by atoms with Crippen molar-refractivity contribution >= 4 is 5.91 Å². The molecule has 4 nitrogen and oxygen atoms in total. The number of amides is 1. The van der Waals surface area contributed by atoms with Gasteiger partial charge in [-0.15, -0.1) is 0 Å². The quantitative estimate of drug-likeness (QED) is 0.790. The summed E-state index contributed by atoms with van der Waals surface area (Å²) in [5.74, 6) is 0.855. The van der Waals surface area contributed by atoms with E-state index >= 15 is 0 Å². The van der Waals surface area contributed by atoms with Gasteiger partial charge >= 0.3 is 0 Å². The average molecular weight is 338 g/mol. The third kappa shape index (κ3) is 5.07. The van der Waals surface area contributed by atoms with Gasteiger partial charge in [0.2, 0.25) is 5.91 Å². The highest BCUT2D eigenvalue weighted by Crippen LogP contribution is 2.18. The van der Waals surface area contributed by atoms with Crippen molar-refractivity contribution in [2.45, 2.75) is 25.8 Å². The summed E-state index contributed by atoms with van der Waals surface area (Å²) in [5, 5.41) is 3.02. The number of hydrogen-bond acceptors (Lipinski definition) is 3. The van der Waals surface area contributed by atoms with Gasteiger partial charge in [-0.1, -0.05) is 36.4 Å². The number of fused-ring (bicyclic) bond motifs is 1. The number of methoxy groups -OCH3 is 1. The maximum absolute atomic E-state index is 12.1. The summed E-state index contributed by atoms with van der Waals surface area (Å²) in [5.41, 5.74) is 3.89. The fourth-order valence-corrected chi connectivity index (χ4v) is 3.31. The summed E-state index contributed by atoms with van der Waals surface area (Å²) in [4.78, 5) is 14.5. The normalized spacial score (nSPS) is 14.0. The molecule has 0 saturated carbocycles. The van der Waals surface area contributed by atoms with Crippen LogP contribution in [0.4, 0.5) is 0 Å². The molecule has 2 aromatic rings. The van der Waals surface area contributed by atoms with E-state index < -0.39 is 0 Å². The highest BCUT2D eigenvalue weighted by Gasteiger charge is 2.14. The minimum Gasteiger partial charge on any atom is -0.497 e. The van der Waals surface area contributed by atoms with Crippen LogP contribution in [-0.4, -0.2) is 37.6 Å². The Bertz CT molecular complexity index is 715. The molecule has 0 unspecified atom stereocenters. The first kappa shape index (κ1) is 17.5. The van der Waals surface area contributed by atoms with Crippen LogP contribution in [0.3, 0.4) is 0 Å². The molecule has 3 rings (SSSR count). The highest BCUT2D eigenvalue weighted by molar-refractivity contribution is 5.78. The fourth-order valence-electron chi connectivity index (χ4n) is 3.31. The van der Waals surface area contributed by atoms with Gasteiger partial charge in [0.15, 0.2) is 0 Å². The molecule has 4 heteroatoms. The number of ether oxygens (including phenoxy) is 1. The van der Waals surface area contributed by atoms with Crippen molar-refractivity contribution in [2.75, 3.05) is 26.7 Å². The van der Waals surface area contributed by atoms with E-state index in [2.05, 4.69) is 34.5 Å². The predicted molar refractivity (Wildman–Crippen MR) is 99.7 cm³/mol. The van der Waals surface area contributed by atoms with Crippen molar-refractivity contribution in [3.63, 3.8) is 0 Å². The maximum Gasteiger partial charge on any atom is 0.224 e. The first-order valence-electron chi connectivity index (χ1n) is 8.93. The molecule has 1 heterocycles. The monoisotopic (exact) mass is 338 g/mol. The molecule has 0 bridgehead atoms. The highest BCUT2D eigenvalue weighted by atomic mass is 16.5. The largest absolute Gasteiger partial charge is 0.497 e. The lowest BCUT2D eigenvalue weighted by molar-refractivity contribution is -0.120. The van der Waals surface area contributed by atoms with E-state index in [0.717, 1.165) is 50.3 Å². The van der Waals surface area contributed by atoms with Gasteiger partial charge in [-0.25, -0.2) is 0 Å². The Kier molecular flexibility index (Phi) is 6.07. The number of carbonyl (C=O) groups is 1. The molecule has 0 spiro atoms. The molecular weight excluding hydrogens is 312 g/mol. The van der Waals surface area contributed by atoms with E-state index in [1.807, 2.05) is 24.3 Å². The van der Waals surface area contributed by atoms with E-state index in [-0.39, 0.29) is 5.91 Å². The van der Waals surface area contributed by atoms with Gasteiger partial charge in [-0.2, -0.15) is 0 Å². The SMILES string of the molecule is COc1cccc(CC(=O)NCCCN2CCc3ccccc3C2)c1. The Morgan fingerprint density at radius 2 is 2.00 bits per heavy atom. The van der Waals surface area contributed by atoms with Gasteiger partial charge in [0.05, 0.1) is 13.5 Å². The smallest absolute Gasteiger partial charge is 0.224 e. The molecule has 0 aliphatic carbocycles.